The van der Waals surface area contributed by atoms with E-state index in [1.807, 2.05) is 0 Å². The van der Waals surface area contributed by atoms with Crippen LogP contribution in [0.3, 0.4) is 0 Å². The second-order valence-electron chi connectivity index (χ2n) is 4.23. The molecule has 2 heterocycles. The zero-order valence-corrected chi connectivity index (χ0v) is 9.65. The van der Waals surface area contributed by atoms with E-state index in [1.165, 1.54) is 25.1 Å². The van der Waals surface area contributed by atoms with Crippen molar-refractivity contribution in [3.05, 3.63) is 24.0 Å². The van der Waals surface area contributed by atoms with Crippen molar-refractivity contribution in [1.82, 2.24) is 15.6 Å². The summed E-state index contributed by atoms with van der Waals surface area (Å²) in [7, 11) is 0. The number of nitrogens with zero attached hydrogens (tertiary/aromatic N) is 1. The van der Waals surface area contributed by atoms with Crippen molar-refractivity contribution in [2.75, 3.05) is 13.1 Å². The maximum atomic E-state index is 11.7. The first-order chi connectivity index (χ1) is 8.27. The van der Waals surface area contributed by atoms with Gasteiger partial charge in [0.2, 0.25) is 0 Å². The fraction of sp³-hybridized carbons (Fsp3) is 0.500. The summed E-state index contributed by atoms with van der Waals surface area (Å²) in [6.07, 6.45) is 4.97. The molecule has 0 aliphatic carbocycles. The van der Waals surface area contributed by atoms with Gasteiger partial charge in [-0.05, 0) is 31.5 Å². The van der Waals surface area contributed by atoms with Crippen molar-refractivity contribution in [1.29, 1.82) is 0 Å². The van der Waals surface area contributed by atoms with Gasteiger partial charge in [-0.25, -0.2) is 4.98 Å². The van der Waals surface area contributed by atoms with Crippen molar-refractivity contribution in [3.8, 4) is 5.75 Å². The smallest absolute Gasteiger partial charge is 0.273 e. The Kier molecular flexibility index (Phi) is 3.93. The highest BCUT2D eigenvalue weighted by molar-refractivity contribution is 5.94. The molecule has 3 N–H and O–H groups in total. The lowest BCUT2D eigenvalue weighted by Crippen LogP contribution is -2.43. The number of hydrogen-bond donors (Lipinski definition) is 3. The number of carbonyl (C=O) groups is 1. The van der Waals surface area contributed by atoms with Crippen molar-refractivity contribution in [2.24, 2.45) is 0 Å². The fourth-order valence-electron chi connectivity index (χ4n) is 1.97. The summed E-state index contributed by atoms with van der Waals surface area (Å²) in [6.45, 7) is 1.59. The van der Waals surface area contributed by atoms with Crippen molar-refractivity contribution < 1.29 is 9.90 Å². The molecule has 1 atom stereocenters. The molecule has 0 radical (unpaired) electrons. The average Bonchev–Trinajstić information content (AvgIpc) is 2.38. The lowest BCUT2D eigenvalue weighted by Gasteiger charge is -2.23. The molecule has 1 unspecified atom stereocenters. The van der Waals surface area contributed by atoms with Crippen LogP contribution in [-0.2, 0) is 0 Å². The summed E-state index contributed by atoms with van der Waals surface area (Å²) >= 11 is 0. The van der Waals surface area contributed by atoms with Gasteiger partial charge in [-0.1, -0.05) is 6.42 Å². The summed E-state index contributed by atoms with van der Waals surface area (Å²) in [4.78, 5) is 15.6. The van der Waals surface area contributed by atoms with Crippen LogP contribution in [0.4, 0.5) is 0 Å². The van der Waals surface area contributed by atoms with Crippen LogP contribution < -0.4 is 10.6 Å². The van der Waals surface area contributed by atoms with Crippen LogP contribution in [0.2, 0.25) is 0 Å². The molecule has 17 heavy (non-hydrogen) atoms. The molecule has 1 aromatic heterocycles. The van der Waals surface area contributed by atoms with E-state index in [0.29, 0.717) is 12.6 Å². The minimum absolute atomic E-state index is 0.0818. The van der Waals surface area contributed by atoms with Gasteiger partial charge < -0.3 is 15.7 Å². The summed E-state index contributed by atoms with van der Waals surface area (Å²) in [6, 6.07) is 3.38. The fourth-order valence-corrected chi connectivity index (χ4v) is 1.97. The highest BCUT2D eigenvalue weighted by atomic mass is 16.3. The number of piperidine rings is 1. The number of hydrogen-bond acceptors (Lipinski definition) is 4. The molecule has 2 rings (SSSR count). The van der Waals surface area contributed by atoms with E-state index < -0.39 is 0 Å². The van der Waals surface area contributed by atoms with Crippen molar-refractivity contribution in [3.63, 3.8) is 0 Å². The maximum absolute atomic E-state index is 11.7. The van der Waals surface area contributed by atoms with E-state index in [4.69, 9.17) is 0 Å². The van der Waals surface area contributed by atoms with E-state index >= 15 is 0 Å². The minimum atomic E-state index is -0.324. The Balaban J connectivity index is 1.87. The minimum Gasteiger partial charge on any atom is -0.505 e. The second-order valence-corrected chi connectivity index (χ2v) is 4.23. The third kappa shape index (κ3) is 3.17. The topological polar surface area (TPSA) is 74.2 Å². The van der Waals surface area contributed by atoms with E-state index in [-0.39, 0.29) is 17.4 Å². The van der Waals surface area contributed by atoms with Crippen LogP contribution in [0.5, 0.6) is 5.75 Å². The van der Waals surface area contributed by atoms with Gasteiger partial charge in [-0.3, -0.25) is 4.79 Å². The average molecular weight is 235 g/mol. The first kappa shape index (κ1) is 11.9. The Labute approximate surface area is 100 Å². The molecule has 0 bridgehead atoms. The predicted molar refractivity (Wildman–Crippen MR) is 63.9 cm³/mol. The van der Waals surface area contributed by atoms with E-state index in [0.717, 1.165) is 13.0 Å². The van der Waals surface area contributed by atoms with Crippen LogP contribution in [0, 0.1) is 0 Å². The molecule has 0 aromatic carbocycles. The quantitative estimate of drug-likeness (QED) is 0.719. The van der Waals surface area contributed by atoms with Gasteiger partial charge in [-0.15, -0.1) is 0 Å². The Hall–Kier alpha value is -1.62. The first-order valence-corrected chi connectivity index (χ1v) is 5.93. The normalized spacial score (nSPS) is 19.9. The molecule has 1 amide bonds. The molecule has 0 saturated carbocycles. The Morgan fingerprint density at radius 1 is 1.59 bits per heavy atom. The van der Waals surface area contributed by atoms with Gasteiger partial charge >= 0.3 is 0 Å². The summed E-state index contributed by atoms with van der Waals surface area (Å²) in [5, 5.41) is 15.6. The molecular weight excluding hydrogens is 218 g/mol. The Morgan fingerprint density at radius 3 is 3.18 bits per heavy atom. The van der Waals surface area contributed by atoms with Crippen LogP contribution >= 0.6 is 0 Å². The van der Waals surface area contributed by atoms with Crippen LogP contribution in [-0.4, -0.2) is 35.1 Å². The van der Waals surface area contributed by atoms with Gasteiger partial charge in [0.15, 0.2) is 5.69 Å². The zero-order valence-electron chi connectivity index (χ0n) is 9.65. The Bertz CT molecular complexity index is 389. The standard InChI is InChI=1S/C12H17N3O2/c16-10-5-3-7-14-11(10)12(17)15-8-9-4-1-2-6-13-9/h3,5,7,9,13,16H,1-2,4,6,8H2,(H,15,17). The monoisotopic (exact) mass is 235 g/mol. The lowest BCUT2D eigenvalue weighted by atomic mass is 10.1. The van der Waals surface area contributed by atoms with Gasteiger partial charge in [0.1, 0.15) is 5.75 Å². The van der Waals surface area contributed by atoms with E-state index in [1.54, 1.807) is 6.07 Å². The van der Waals surface area contributed by atoms with E-state index in [2.05, 4.69) is 15.6 Å². The molecular formula is C12H17N3O2. The summed E-state index contributed by atoms with van der Waals surface area (Å²) < 4.78 is 0. The molecule has 1 aliphatic rings. The molecule has 1 aliphatic heterocycles. The maximum Gasteiger partial charge on any atom is 0.273 e. The van der Waals surface area contributed by atoms with Gasteiger partial charge in [0.25, 0.3) is 5.91 Å². The van der Waals surface area contributed by atoms with Crippen molar-refractivity contribution in [2.45, 2.75) is 25.3 Å². The van der Waals surface area contributed by atoms with Crippen LogP contribution in [0.1, 0.15) is 29.8 Å². The molecule has 92 valence electrons. The number of rotatable bonds is 3. The highest BCUT2D eigenvalue weighted by Crippen LogP contribution is 2.12. The first-order valence-electron chi connectivity index (χ1n) is 5.93. The number of aromatic hydroxyl groups is 1. The third-order valence-electron chi connectivity index (χ3n) is 2.92. The predicted octanol–water partition coefficient (Wildman–Crippen LogP) is 0.659. The third-order valence-corrected chi connectivity index (χ3v) is 2.92. The summed E-state index contributed by atoms with van der Waals surface area (Å²) in [5.74, 6) is -0.405. The number of amides is 1. The van der Waals surface area contributed by atoms with Crippen molar-refractivity contribution >= 4 is 5.91 Å². The molecule has 1 fully saturated rings. The Morgan fingerprint density at radius 2 is 2.47 bits per heavy atom. The lowest BCUT2D eigenvalue weighted by molar-refractivity contribution is 0.0940. The SMILES string of the molecule is O=C(NCC1CCCCN1)c1ncccc1O. The summed E-state index contributed by atoms with van der Waals surface area (Å²) in [5.41, 5.74) is 0.0864. The largest absolute Gasteiger partial charge is 0.505 e. The number of carbonyl (C=O) groups excluding carboxylic acids is 1. The van der Waals surface area contributed by atoms with Gasteiger partial charge in [-0.2, -0.15) is 0 Å². The highest BCUT2D eigenvalue weighted by Gasteiger charge is 2.16. The number of pyridine rings is 1. The number of aromatic nitrogens is 1. The molecule has 5 heteroatoms. The van der Waals surface area contributed by atoms with Gasteiger partial charge in [0, 0.05) is 18.8 Å². The van der Waals surface area contributed by atoms with E-state index in [9.17, 15) is 9.90 Å². The van der Waals surface area contributed by atoms with Crippen LogP contribution in [0.15, 0.2) is 18.3 Å². The van der Waals surface area contributed by atoms with Crippen LogP contribution in [0.25, 0.3) is 0 Å². The van der Waals surface area contributed by atoms with Gasteiger partial charge in [0.05, 0.1) is 0 Å². The second kappa shape index (κ2) is 5.63. The molecule has 1 aromatic rings. The molecule has 1 saturated heterocycles. The molecule has 5 nitrogen and oxygen atoms in total. The molecule has 0 spiro atoms. The number of nitrogens with one attached hydrogen (secondary N) is 2. The zero-order chi connectivity index (χ0) is 12.1.